The topological polar surface area (TPSA) is 72.2 Å². The normalized spacial score (nSPS) is 11.4. The third-order valence-electron chi connectivity index (χ3n) is 3.12. The Kier molecular flexibility index (Phi) is 3.87. The third-order valence-corrected chi connectivity index (χ3v) is 4.34. The van der Waals surface area contributed by atoms with Gasteiger partial charge in [0.05, 0.1) is 5.69 Å². The van der Waals surface area contributed by atoms with Crippen molar-refractivity contribution in [2.24, 2.45) is 0 Å². The Morgan fingerprint density at radius 1 is 1.09 bits per heavy atom. The molecule has 0 radical (unpaired) electrons. The van der Waals surface area contributed by atoms with Crippen LogP contribution in [0.15, 0.2) is 64.2 Å². The first kappa shape index (κ1) is 15.2. The Labute approximate surface area is 132 Å². The second-order valence-corrected chi connectivity index (χ2v) is 6.63. The van der Waals surface area contributed by atoms with Gasteiger partial charge in [0, 0.05) is 11.6 Å². The molecule has 0 fully saturated rings. The summed E-state index contributed by atoms with van der Waals surface area (Å²) in [5.41, 5.74) is 1.87. The van der Waals surface area contributed by atoms with Gasteiger partial charge in [0.2, 0.25) is 0 Å². The molecule has 5 nitrogen and oxygen atoms in total. The fourth-order valence-electron chi connectivity index (χ4n) is 2.13. The first-order chi connectivity index (χ1) is 10.9. The molecule has 118 valence electrons. The average molecular weight is 332 g/mol. The standard InChI is InChI=1S/C16H13FN2O3S/c1-11-7-13(17)9-14(8-11)19-23(20,21)16-10-15(18-22-16)12-5-3-2-4-6-12/h2-10,19H,1H3. The van der Waals surface area contributed by atoms with Gasteiger partial charge < -0.3 is 4.52 Å². The molecule has 1 aromatic heterocycles. The van der Waals surface area contributed by atoms with E-state index in [1.807, 2.05) is 18.2 Å². The van der Waals surface area contributed by atoms with E-state index in [1.165, 1.54) is 18.2 Å². The van der Waals surface area contributed by atoms with Crippen molar-refractivity contribution in [2.45, 2.75) is 12.0 Å². The lowest BCUT2D eigenvalue weighted by Crippen LogP contribution is -2.12. The highest BCUT2D eigenvalue weighted by molar-refractivity contribution is 7.92. The Hall–Kier alpha value is -2.67. The summed E-state index contributed by atoms with van der Waals surface area (Å²) < 4.78 is 45.2. The zero-order valence-electron chi connectivity index (χ0n) is 12.2. The number of aryl methyl sites for hydroxylation is 1. The van der Waals surface area contributed by atoms with Crippen molar-refractivity contribution < 1.29 is 17.3 Å². The van der Waals surface area contributed by atoms with Gasteiger partial charge in [-0.25, -0.2) is 4.39 Å². The van der Waals surface area contributed by atoms with Crippen LogP contribution in [0.2, 0.25) is 0 Å². The quantitative estimate of drug-likeness (QED) is 0.792. The van der Waals surface area contributed by atoms with Crippen LogP contribution in [0, 0.1) is 12.7 Å². The second kappa shape index (κ2) is 5.85. The zero-order valence-corrected chi connectivity index (χ0v) is 13.0. The summed E-state index contributed by atoms with van der Waals surface area (Å²) in [5.74, 6) is -0.523. The van der Waals surface area contributed by atoms with E-state index < -0.39 is 15.8 Å². The Morgan fingerprint density at radius 3 is 2.52 bits per heavy atom. The van der Waals surface area contributed by atoms with Crippen molar-refractivity contribution in [1.82, 2.24) is 5.16 Å². The minimum absolute atomic E-state index is 0.125. The number of aromatic nitrogens is 1. The van der Waals surface area contributed by atoms with Crippen LogP contribution in [0.4, 0.5) is 10.1 Å². The lowest BCUT2D eigenvalue weighted by Gasteiger charge is -2.06. The largest absolute Gasteiger partial charge is 0.342 e. The first-order valence-corrected chi connectivity index (χ1v) is 8.24. The van der Waals surface area contributed by atoms with E-state index >= 15 is 0 Å². The molecule has 0 spiro atoms. The van der Waals surface area contributed by atoms with Crippen molar-refractivity contribution in [2.75, 3.05) is 4.72 Å². The molecule has 0 saturated carbocycles. The Balaban J connectivity index is 1.90. The first-order valence-electron chi connectivity index (χ1n) is 6.76. The maximum Gasteiger partial charge on any atom is 0.298 e. The molecule has 0 atom stereocenters. The maximum absolute atomic E-state index is 13.4. The summed E-state index contributed by atoms with van der Waals surface area (Å²) in [6.07, 6.45) is 0. The zero-order chi connectivity index (χ0) is 16.4. The van der Waals surface area contributed by atoms with Crippen molar-refractivity contribution in [3.8, 4) is 11.3 Å². The third kappa shape index (κ3) is 3.40. The summed E-state index contributed by atoms with van der Waals surface area (Å²) in [6.45, 7) is 1.67. The average Bonchev–Trinajstić information content (AvgIpc) is 2.97. The molecule has 0 unspecified atom stereocenters. The molecule has 23 heavy (non-hydrogen) atoms. The number of sulfonamides is 1. The van der Waals surface area contributed by atoms with Gasteiger partial charge in [-0.3, -0.25) is 4.72 Å². The van der Waals surface area contributed by atoms with E-state index in [0.717, 1.165) is 11.6 Å². The van der Waals surface area contributed by atoms with Gasteiger partial charge in [-0.2, -0.15) is 8.42 Å². The van der Waals surface area contributed by atoms with Crippen molar-refractivity contribution in [3.63, 3.8) is 0 Å². The van der Waals surface area contributed by atoms with Crippen molar-refractivity contribution in [1.29, 1.82) is 0 Å². The summed E-state index contributed by atoms with van der Waals surface area (Å²) in [4.78, 5) is 0. The number of nitrogens with zero attached hydrogens (tertiary/aromatic N) is 1. The van der Waals surface area contributed by atoms with Gasteiger partial charge in [0.1, 0.15) is 11.5 Å². The number of benzene rings is 2. The van der Waals surface area contributed by atoms with Crippen LogP contribution in [0.25, 0.3) is 11.3 Å². The second-order valence-electron chi connectivity index (χ2n) is 5.02. The summed E-state index contributed by atoms with van der Waals surface area (Å²) >= 11 is 0. The molecule has 0 aliphatic carbocycles. The van der Waals surface area contributed by atoms with Gasteiger partial charge in [0.15, 0.2) is 0 Å². The molecule has 1 heterocycles. The van der Waals surface area contributed by atoms with E-state index in [2.05, 4.69) is 9.88 Å². The van der Waals surface area contributed by atoms with Crippen LogP contribution >= 0.6 is 0 Å². The predicted molar refractivity (Wildman–Crippen MR) is 83.9 cm³/mol. The molecule has 0 amide bonds. The van der Waals surface area contributed by atoms with Crippen molar-refractivity contribution in [3.05, 3.63) is 66.0 Å². The van der Waals surface area contributed by atoms with E-state index in [4.69, 9.17) is 4.52 Å². The summed E-state index contributed by atoms with van der Waals surface area (Å²) in [6, 6.07) is 14.3. The molecular weight excluding hydrogens is 319 g/mol. The fourth-order valence-corrected chi connectivity index (χ4v) is 3.06. The van der Waals surface area contributed by atoms with Crippen LogP contribution < -0.4 is 4.72 Å². The SMILES string of the molecule is Cc1cc(F)cc(NS(=O)(=O)c2cc(-c3ccccc3)no2)c1. The van der Waals surface area contributed by atoms with E-state index in [0.29, 0.717) is 11.3 Å². The Morgan fingerprint density at radius 2 is 1.83 bits per heavy atom. The van der Waals surface area contributed by atoms with Crippen LogP contribution in [0.3, 0.4) is 0 Å². The molecule has 0 aliphatic rings. The van der Waals surface area contributed by atoms with E-state index in [1.54, 1.807) is 19.1 Å². The molecule has 1 N–H and O–H groups in total. The number of hydrogen-bond acceptors (Lipinski definition) is 4. The highest BCUT2D eigenvalue weighted by Gasteiger charge is 2.21. The molecule has 0 aliphatic heterocycles. The molecular formula is C16H13FN2O3S. The molecule has 3 rings (SSSR count). The van der Waals surface area contributed by atoms with Gasteiger partial charge in [-0.05, 0) is 30.7 Å². The van der Waals surface area contributed by atoms with Crippen LogP contribution in [-0.4, -0.2) is 13.6 Å². The monoisotopic (exact) mass is 332 g/mol. The minimum Gasteiger partial charge on any atom is -0.342 e. The number of halogens is 1. The molecule has 0 bridgehead atoms. The lowest BCUT2D eigenvalue weighted by molar-refractivity contribution is 0.341. The number of anilines is 1. The van der Waals surface area contributed by atoms with Gasteiger partial charge >= 0.3 is 0 Å². The summed E-state index contributed by atoms with van der Waals surface area (Å²) in [5, 5.41) is 3.43. The molecule has 7 heteroatoms. The Bertz CT molecular complexity index is 917. The van der Waals surface area contributed by atoms with E-state index in [-0.39, 0.29) is 10.8 Å². The predicted octanol–water partition coefficient (Wildman–Crippen LogP) is 3.59. The smallest absolute Gasteiger partial charge is 0.298 e. The highest BCUT2D eigenvalue weighted by Crippen LogP contribution is 2.23. The molecule has 3 aromatic rings. The lowest BCUT2D eigenvalue weighted by atomic mass is 10.2. The van der Waals surface area contributed by atoms with Gasteiger partial charge in [-0.15, -0.1) is 0 Å². The number of nitrogens with one attached hydrogen (secondary N) is 1. The summed E-state index contributed by atoms with van der Waals surface area (Å²) in [7, 11) is -3.98. The van der Waals surface area contributed by atoms with E-state index in [9.17, 15) is 12.8 Å². The molecule has 2 aromatic carbocycles. The van der Waals surface area contributed by atoms with Crippen LogP contribution in [0.5, 0.6) is 0 Å². The highest BCUT2D eigenvalue weighted by atomic mass is 32.2. The van der Waals surface area contributed by atoms with Crippen LogP contribution in [0.1, 0.15) is 5.56 Å². The fraction of sp³-hybridized carbons (Fsp3) is 0.0625. The minimum atomic E-state index is -3.98. The van der Waals surface area contributed by atoms with Crippen molar-refractivity contribution >= 4 is 15.7 Å². The number of hydrogen-bond donors (Lipinski definition) is 1. The van der Waals surface area contributed by atoms with Gasteiger partial charge in [0.25, 0.3) is 15.1 Å². The number of rotatable bonds is 4. The maximum atomic E-state index is 13.4. The molecule has 0 saturated heterocycles. The van der Waals surface area contributed by atoms with Crippen LogP contribution in [-0.2, 0) is 10.0 Å². The van der Waals surface area contributed by atoms with Gasteiger partial charge in [-0.1, -0.05) is 35.5 Å².